The number of carbonyl (C=O) groups excluding carboxylic acids is 1. The highest BCUT2D eigenvalue weighted by molar-refractivity contribution is 7.99. The van der Waals surface area contributed by atoms with E-state index >= 15 is 0 Å². The van der Waals surface area contributed by atoms with Crippen molar-refractivity contribution < 1.29 is 9.72 Å². The minimum absolute atomic E-state index is 0.00639. The third-order valence-electron chi connectivity index (χ3n) is 2.57. The van der Waals surface area contributed by atoms with Gasteiger partial charge in [0, 0.05) is 24.6 Å². The molecule has 1 aliphatic heterocycles. The van der Waals surface area contributed by atoms with Gasteiger partial charge in [-0.3, -0.25) is 14.9 Å². The van der Waals surface area contributed by atoms with Crippen LogP contribution in [0.3, 0.4) is 0 Å². The lowest BCUT2D eigenvalue weighted by atomic mass is 10.2. The molecule has 1 aliphatic rings. The zero-order valence-electron chi connectivity index (χ0n) is 9.34. The highest BCUT2D eigenvalue weighted by Crippen LogP contribution is 2.23. The standard InChI is InChI=1S/C10H10ClN3O3S/c11-9-5-7(8(6-12-9)14(16)17)10(15)13-1-3-18-4-2-13/h5-6H,1-4H2. The molecule has 2 heterocycles. The highest BCUT2D eigenvalue weighted by Gasteiger charge is 2.26. The molecule has 0 N–H and O–H groups in total. The lowest BCUT2D eigenvalue weighted by Gasteiger charge is -2.26. The molecule has 18 heavy (non-hydrogen) atoms. The second-order valence-electron chi connectivity index (χ2n) is 3.69. The van der Waals surface area contributed by atoms with Gasteiger partial charge in [-0.05, 0) is 6.07 Å². The van der Waals surface area contributed by atoms with Crippen LogP contribution in [0.1, 0.15) is 10.4 Å². The number of carbonyl (C=O) groups is 1. The fraction of sp³-hybridized carbons (Fsp3) is 0.400. The molecule has 1 aromatic heterocycles. The fourth-order valence-electron chi connectivity index (χ4n) is 1.68. The van der Waals surface area contributed by atoms with Crippen molar-refractivity contribution in [3.05, 3.63) is 33.1 Å². The zero-order chi connectivity index (χ0) is 13.1. The average molecular weight is 288 g/mol. The van der Waals surface area contributed by atoms with Gasteiger partial charge in [0.15, 0.2) is 0 Å². The molecule has 0 bridgehead atoms. The number of halogens is 1. The van der Waals surface area contributed by atoms with Crippen molar-refractivity contribution in [1.82, 2.24) is 9.88 Å². The van der Waals surface area contributed by atoms with Crippen LogP contribution in [-0.2, 0) is 0 Å². The van der Waals surface area contributed by atoms with E-state index in [0.717, 1.165) is 17.7 Å². The van der Waals surface area contributed by atoms with Crippen LogP contribution in [0.5, 0.6) is 0 Å². The maximum absolute atomic E-state index is 12.2. The molecule has 0 unspecified atom stereocenters. The summed E-state index contributed by atoms with van der Waals surface area (Å²) in [6.07, 6.45) is 1.02. The molecule has 1 saturated heterocycles. The largest absolute Gasteiger partial charge is 0.337 e. The first-order valence-corrected chi connectivity index (χ1v) is 6.80. The molecule has 0 aliphatic carbocycles. The van der Waals surface area contributed by atoms with Crippen molar-refractivity contribution in [1.29, 1.82) is 0 Å². The van der Waals surface area contributed by atoms with Gasteiger partial charge in [-0.25, -0.2) is 4.98 Å². The van der Waals surface area contributed by atoms with Gasteiger partial charge in [0.1, 0.15) is 16.9 Å². The van der Waals surface area contributed by atoms with Gasteiger partial charge < -0.3 is 4.90 Å². The number of hydrogen-bond donors (Lipinski definition) is 0. The number of pyridine rings is 1. The molecule has 2 rings (SSSR count). The summed E-state index contributed by atoms with van der Waals surface area (Å²) in [6.45, 7) is 1.20. The first-order chi connectivity index (χ1) is 8.59. The molecular formula is C10H10ClN3O3S. The third-order valence-corrected chi connectivity index (χ3v) is 3.72. The number of nitro groups is 1. The van der Waals surface area contributed by atoms with Crippen LogP contribution in [-0.4, -0.2) is 45.3 Å². The van der Waals surface area contributed by atoms with Crippen molar-refractivity contribution in [3.8, 4) is 0 Å². The lowest BCUT2D eigenvalue weighted by Crippen LogP contribution is -2.38. The van der Waals surface area contributed by atoms with E-state index in [1.54, 1.807) is 16.7 Å². The smallest absolute Gasteiger partial charge is 0.300 e. The van der Waals surface area contributed by atoms with Gasteiger partial charge in [-0.2, -0.15) is 11.8 Å². The molecule has 0 spiro atoms. The summed E-state index contributed by atoms with van der Waals surface area (Å²) < 4.78 is 0. The van der Waals surface area contributed by atoms with Gasteiger partial charge >= 0.3 is 0 Å². The lowest BCUT2D eigenvalue weighted by molar-refractivity contribution is -0.385. The molecule has 0 saturated carbocycles. The molecule has 1 amide bonds. The van der Waals surface area contributed by atoms with Crippen molar-refractivity contribution in [2.24, 2.45) is 0 Å². The summed E-state index contributed by atoms with van der Waals surface area (Å²) in [5.41, 5.74) is -0.297. The number of hydrogen-bond acceptors (Lipinski definition) is 5. The van der Waals surface area contributed by atoms with Gasteiger partial charge in [0.05, 0.1) is 4.92 Å². The van der Waals surface area contributed by atoms with E-state index in [-0.39, 0.29) is 22.3 Å². The Kier molecular flexibility index (Phi) is 4.03. The van der Waals surface area contributed by atoms with Crippen LogP contribution < -0.4 is 0 Å². The van der Waals surface area contributed by atoms with Gasteiger partial charge in [-0.1, -0.05) is 11.6 Å². The van der Waals surface area contributed by atoms with Crippen LogP contribution in [0.15, 0.2) is 12.3 Å². The normalized spacial score (nSPS) is 15.5. The Labute approximate surface area is 112 Å². The number of thioether (sulfide) groups is 1. The summed E-state index contributed by atoms with van der Waals surface area (Å²) in [6, 6.07) is 1.25. The van der Waals surface area contributed by atoms with Crippen LogP contribution in [0.25, 0.3) is 0 Å². The predicted octanol–water partition coefficient (Wildman–Crippen LogP) is 1.83. The van der Waals surface area contributed by atoms with Crippen LogP contribution in [0, 0.1) is 10.1 Å². The Morgan fingerprint density at radius 1 is 1.50 bits per heavy atom. The van der Waals surface area contributed by atoms with Crippen LogP contribution >= 0.6 is 23.4 Å². The van der Waals surface area contributed by atoms with Crippen molar-refractivity contribution >= 4 is 35.0 Å². The summed E-state index contributed by atoms with van der Waals surface area (Å²) >= 11 is 7.45. The summed E-state index contributed by atoms with van der Waals surface area (Å²) in [4.78, 5) is 27.7. The topological polar surface area (TPSA) is 76.3 Å². The van der Waals surface area contributed by atoms with E-state index in [0.29, 0.717) is 13.1 Å². The van der Waals surface area contributed by atoms with E-state index in [9.17, 15) is 14.9 Å². The number of aromatic nitrogens is 1. The van der Waals surface area contributed by atoms with E-state index in [2.05, 4.69) is 4.98 Å². The molecular weight excluding hydrogens is 278 g/mol. The second-order valence-corrected chi connectivity index (χ2v) is 5.30. The molecule has 1 fully saturated rings. The number of amides is 1. The maximum Gasteiger partial charge on any atom is 0.300 e. The molecule has 0 radical (unpaired) electrons. The van der Waals surface area contributed by atoms with Gasteiger partial charge in [0.25, 0.3) is 11.6 Å². The molecule has 1 aromatic rings. The summed E-state index contributed by atoms with van der Waals surface area (Å²) in [5, 5.41) is 10.9. The first-order valence-electron chi connectivity index (χ1n) is 5.26. The Balaban J connectivity index is 2.33. The Morgan fingerprint density at radius 3 is 2.78 bits per heavy atom. The van der Waals surface area contributed by atoms with Gasteiger partial charge in [0.2, 0.25) is 0 Å². The van der Waals surface area contributed by atoms with Crippen molar-refractivity contribution in [2.45, 2.75) is 0 Å². The molecule has 8 heteroatoms. The molecule has 6 nitrogen and oxygen atoms in total. The average Bonchev–Trinajstić information content (AvgIpc) is 2.38. The third kappa shape index (κ3) is 2.73. The van der Waals surface area contributed by atoms with Crippen LogP contribution in [0.2, 0.25) is 5.15 Å². The second kappa shape index (κ2) is 5.53. The molecule has 0 atom stereocenters. The monoisotopic (exact) mass is 287 g/mol. The van der Waals surface area contributed by atoms with Gasteiger partial charge in [-0.15, -0.1) is 0 Å². The Hall–Kier alpha value is -1.34. The predicted molar refractivity (Wildman–Crippen MR) is 69.1 cm³/mol. The van der Waals surface area contributed by atoms with Crippen molar-refractivity contribution in [3.63, 3.8) is 0 Å². The molecule has 0 aromatic carbocycles. The van der Waals surface area contributed by atoms with E-state index in [4.69, 9.17) is 11.6 Å². The van der Waals surface area contributed by atoms with Crippen molar-refractivity contribution in [2.75, 3.05) is 24.6 Å². The molecule has 96 valence electrons. The summed E-state index contributed by atoms with van der Waals surface area (Å²) in [7, 11) is 0. The van der Waals surface area contributed by atoms with E-state index < -0.39 is 4.92 Å². The SMILES string of the molecule is O=C(c1cc(Cl)ncc1[N+](=O)[O-])N1CCSCC1. The van der Waals surface area contributed by atoms with E-state index in [1.807, 2.05) is 0 Å². The minimum Gasteiger partial charge on any atom is -0.337 e. The number of rotatable bonds is 2. The van der Waals surface area contributed by atoms with Crippen LogP contribution in [0.4, 0.5) is 5.69 Å². The quantitative estimate of drug-likeness (QED) is 0.471. The maximum atomic E-state index is 12.2. The fourth-order valence-corrected chi connectivity index (χ4v) is 2.74. The zero-order valence-corrected chi connectivity index (χ0v) is 10.9. The van der Waals surface area contributed by atoms with E-state index in [1.165, 1.54) is 6.07 Å². The number of nitrogens with zero attached hydrogens (tertiary/aromatic N) is 3. The minimum atomic E-state index is -0.616. The Bertz CT molecular complexity index is 491. The highest BCUT2D eigenvalue weighted by atomic mass is 35.5. The Morgan fingerprint density at radius 2 is 2.17 bits per heavy atom. The summed E-state index contributed by atoms with van der Waals surface area (Å²) in [5.74, 6) is 1.34. The first kappa shape index (κ1) is 13.1.